The van der Waals surface area contributed by atoms with Gasteiger partial charge in [0.15, 0.2) is 16.1 Å². The molecule has 3 aromatic carbocycles. The topological polar surface area (TPSA) is 248 Å². The summed E-state index contributed by atoms with van der Waals surface area (Å²) in [5, 5.41) is 28.9. The number of ether oxygens (including phenoxy) is 2. The molecule has 2 aliphatic heterocycles. The second kappa shape index (κ2) is 19.2. The first-order chi connectivity index (χ1) is 27.4. The number of hydrogen-bond acceptors (Lipinski definition) is 13. The lowest BCUT2D eigenvalue weighted by Crippen LogP contribution is -2.65. The number of unbranched alkanes of at least 4 members (excludes halogenated alkanes) is 1. The number of carbonyl (C=O) groups excluding carboxylic acids is 1. The average Bonchev–Trinajstić information content (AvgIpc) is 3.23. The zero-order chi connectivity index (χ0) is 42.4. The van der Waals surface area contributed by atoms with E-state index in [1.807, 2.05) is 32.8 Å². The van der Waals surface area contributed by atoms with Crippen molar-refractivity contribution >= 4 is 49.0 Å². The molecule has 1 saturated heterocycles. The van der Waals surface area contributed by atoms with Crippen LogP contribution >= 0.6 is 0 Å². The molecule has 3 aromatic rings. The van der Waals surface area contributed by atoms with Gasteiger partial charge >= 0.3 is 27.8 Å². The molecule has 58 heavy (non-hydrogen) atoms. The van der Waals surface area contributed by atoms with Gasteiger partial charge < -0.3 is 35.2 Å². The second-order valence-corrected chi connectivity index (χ2v) is 18.4. The van der Waals surface area contributed by atoms with Gasteiger partial charge in [-0.15, -0.1) is 0 Å². The molecule has 0 aromatic heterocycles. The number of rotatable bonds is 16. The highest BCUT2D eigenvalue weighted by Crippen LogP contribution is 2.49. The fourth-order valence-electron chi connectivity index (χ4n) is 7.61. The van der Waals surface area contributed by atoms with Crippen molar-refractivity contribution in [3.63, 3.8) is 0 Å². The maximum Gasteiger partial charge on any atom is 0.397 e. The van der Waals surface area contributed by atoms with Gasteiger partial charge in [0.2, 0.25) is 0 Å². The number of sulfone groups is 1. The lowest BCUT2D eigenvalue weighted by molar-refractivity contribution is -0.239. The standard InChI is InChI=1S/C38H51N3O14S3/c1-5-7-18-38(6-2)23-57(47,48)30-17-16-27(41(3)4)20-28(30)31(35(38)43)25-14-11-15-26(19-25)39-37(44)40-36-32(42)34(52-21-24-12-9-8-10-13-24)33(55-56(45)46)29(54-36)22-53-58(49,50)51/h8-17,19-20,29,31-36,42-43H,5-7,18,21-23H2,1-4H3,(H,45,46)(H2,39,40,44)(H,49,50,51)/t29-,31-,32-,33-,34-,35-,36-,38-/m1/s1. The van der Waals surface area contributed by atoms with E-state index in [1.54, 1.807) is 72.8 Å². The molecule has 0 spiro atoms. The summed E-state index contributed by atoms with van der Waals surface area (Å²) >= 11 is -2.97. The molecule has 5 rings (SSSR count). The maximum atomic E-state index is 14.1. The Hall–Kier alpha value is -3.54. The van der Waals surface area contributed by atoms with Crippen molar-refractivity contribution < 1.29 is 63.0 Å². The van der Waals surface area contributed by atoms with E-state index >= 15 is 0 Å². The van der Waals surface area contributed by atoms with Crippen LogP contribution in [0.3, 0.4) is 0 Å². The quantitative estimate of drug-likeness (QED) is 0.0887. The molecule has 2 aliphatic rings. The molecule has 0 saturated carbocycles. The summed E-state index contributed by atoms with van der Waals surface area (Å²) in [5.74, 6) is -1.06. The van der Waals surface area contributed by atoms with Crippen molar-refractivity contribution in [1.29, 1.82) is 0 Å². The van der Waals surface area contributed by atoms with Crippen LogP contribution in [0.25, 0.3) is 0 Å². The Labute approximate surface area is 341 Å². The number of amides is 2. The van der Waals surface area contributed by atoms with Gasteiger partial charge in [-0.1, -0.05) is 69.2 Å². The normalized spacial score (nSPS) is 27.5. The molecule has 6 N–H and O–H groups in total. The number of anilines is 2. The van der Waals surface area contributed by atoms with E-state index in [0.29, 0.717) is 36.0 Å². The Bertz CT molecular complexity index is 2130. The summed E-state index contributed by atoms with van der Waals surface area (Å²) < 4.78 is 103. The molecular weight excluding hydrogens is 819 g/mol. The van der Waals surface area contributed by atoms with Gasteiger partial charge in [-0.2, -0.15) is 12.6 Å². The lowest BCUT2D eigenvalue weighted by atomic mass is 9.69. The number of aliphatic hydroxyl groups excluding tert-OH is 2. The maximum absolute atomic E-state index is 14.1. The Morgan fingerprint density at radius 2 is 1.76 bits per heavy atom. The first kappa shape index (κ1) is 45.5. The van der Waals surface area contributed by atoms with Crippen LogP contribution in [-0.2, 0) is 56.0 Å². The fourth-order valence-corrected chi connectivity index (χ4v) is 10.6. The molecule has 2 heterocycles. The van der Waals surface area contributed by atoms with Crippen molar-refractivity contribution in [2.75, 3.05) is 36.7 Å². The Balaban J connectivity index is 1.46. The molecule has 320 valence electrons. The van der Waals surface area contributed by atoms with E-state index in [0.717, 1.165) is 12.1 Å². The van der Waals surface area contributed by atoms with Crippen LogP contribution in [-0.4, -0.2) is 110 Å². The molecule has 20 heteroatoms. The predicted molar refractivity (Wildman–Crippen MR) is 214 cm³/mol. The number of benzene rings is 3. The third-order valence-electron chi connectivity index (χ3n) is 10.6. The van der Waals surface area contributed by atoms with Gasteiger partial charge in [-0.05, 0) is 59.9 Å². The first-order valence-corrected chi connectivity index (χ1v) is 22.7. The first-order valence-electron chi connectivity index (χ1n) is 18.7. The summed E-state index contributed by atoms with van der Waals surface area (Å²) in [6, 6.07) is 19.4. The van der Waals surface area contributed by atoms with Crippen LogP contribution in [0.4, 0.5) is 16.2 Å². The molecule has 9 atom stereocenters. The minimum atomic E-state index is -5.04. The predicted octanol–water partition coefficient (Wildman–Crippen LogP) is 3.75. The summed E-state index contributed by atoms with van der Waals surface area (Å²) in [4.78, 5) is 15.6. The van der Waals surface area contributed by atoms with Gasteiger partial charge in [0.05, 0.1) is 30.0 Å². The van der Waals surface area contributed by atoms with Gasteiger partial charge in [0, 0.05) is 36.8 Å². The van der Waals surface area contributed by atoms with E-state index in [-0.39, 0.29) is 22.9 Å². The average molecular weight is 870 g/mol. The van der Waals surface area contributed by atoms with Crippen molar-refractivity contribution in [3.8, 4) is 0 Å². The van der Waals surface area contributed by atoms with E-state index in [4.69, 9.17) is 13.7 Å². The number of nitrogens with one attached hydrogen (secondary N) is 2. The largest absolute Gasteiger partial charge is 0.397 e. The van der Waals surface area contributed by atoms with Crippen molar-refractivity contribution in [1.82, 2.24) is 5.32 Å². The molecule has 0 bridgehead atoms. The van der Waals surface area contributed by atoms with Gasteiger partial charge in [0.1, 0.15) is 24.4 Å². The summed E-state index contributed by atoms with van der Waals surface area (Å²) in [6.45, 7) is 2.77. The van der Waals surface area contributed by atoms with Crippen molar-refractivity contribution in [2.24, 2.45) is 5.41 Å². The highest BCUT2D eigenvalue weighted by molar-refractivity contribution is 7.91. The summed E-state index contributed by atoms with van der Waals surface area (Å²) in [6.07, 6.45) is -6.93. The second-order valence-electron chi connectivity index (χ2n) is 14.7. The van der Waals surface area contributed by atoms with Gasteiger partial charge in [0.25, 0.3) is 0 Å². The van der Waals surface area contributed by atoms with Gasteiger partial charge in [-0.25, -0.2) is 17.4 Å². The Morgan fingerprint density at radius 1 is 1.03 bits per heavy atom. The van der Waals surface area contributed by atoms with Crippen molar-refractivity contribution in [3.05, 3.63) is 89.5 Å². The fraction of sp³-hybridized carbons (Fsp3) is 0.500. The zero-order valence-corrected chi connectivity index (χ0v) is 34.9. The molecule has 1 fully saturated rings. The zero-order valence-electron chi connectivity index (χ0n) is 32.5. The van der Waals surface area contributed by atoms with Crippen LogP contribution in [0.5, 0.6) is 0 Å². The number of carbonyl (C=O) groups is 1. The van der Waals surface area contributed by atoms with E-state index in [9.17, 15) is 45.2 Å². The Morgan fingerprint density at radius 3 is 2.40 bits per heavy atom. The van der Waals surface area contributed by atoms with E-state index in [2.05, 4.69) is 14.8 Å². The molecule has 0 radical (unpaired) electrons. The highest BCUT2D eigenvalue weighted by Gasteiger charge is 2.50. The molecule has 2 amide bonds. The summed E-state index contributed by atoms with van der Waals surface area (Å²) in [5.41, 5.74) is 1.55. The molecule has 17 nitrogen and oxygen atoms in total. The number of fused-ring (bicyclic) bond motifs is 1. The third kappa shape index (κ3) is 11.0. The number of nitrogens with zero attached hydrogens (tertiary/aromatic N) is 1. The Kier molecular flexibility index (Phi) is 15.1. The number of urea groups is 1. The monoisotopic (exact) mass is 869 g/mol. The van der Waals surface area contributed by atoms with Crippen LogP contribution < -0.4 is 15.5 Å². The van der Waals surface area contributed by atoms with Crippen LogP contribution in [0, 0.1) is 5.41 Å². The number of aliphatic hydroxyl groups is 2. The highest BCUT2D eigenvalue weighted by atomic mass is 32.3. The smallest absolute Gasteiger partial charge is 0.392 e. The minimum Gasteiger partial charge on any atom is -0.392 e. The van der Waals surface area contributed by atoms with Gasteiger partial charge in [-0.3, -0.25) is 13.3 Å². The number of hydrogen-bond donors (Lipinski definition) is 6. The van der Waals surface area contributed by atoms with E-state index < -0.39 is 92.3 Å². The molecular formula is C38H51N3O14S3. The molecule has 1 unspecified atom stereocenters. The lowest BCUT2D eigenvalue weighted by Gasteiger charge is -2.43. The van der Waals surface area contributed by atoms with Crippen LogP contribution in [0.1, 0.15) is 62.1 Å². The molecule has 0 aliphatic carbocycles. The van der Waals surface area contributed by atoms with Crippen LogP contribution in [0.2, 0.25) is 0 Å². The van der Waals surface area contributed by atoms with Crippen molar-refractivity contribution in [2.45, 2.75) is 93.7 Å². The summed E-state index contributed by atoms with van der Waals surface area (Å²) in [7, 11) is -5.23. The minimum absolute atomic E-state index is 0.123. The van der Waals surface area contributed by atoms with Crippen LogP contribution in [0.15, 0.2) is 77.7 Å². The SMILES string of the molecule is CCCC[C@]1(CC)CS(=O)(=O)c2ccc(N(C)C)cc2[C@@H](c2cccc(NC(=O)N[C@@H]3O[C@H](COS(=O)(=O)O)[C@@H](OS(=O)O)[C@H](OCc4ccccc4)[C@H]3O)c2)[C@H]1O. The van der Waals surface area contributed by atoms with E-state index in [1.165, 1.54) is 0 Å². The third-order valence-corrected chi connectivity index (χ3v) is 13.4.